The highest BCUT2D eigenvalue weighted by Gasteiger charge is 2.53. The zero-order valence-corrected chi connectivity index (χ0v) is 14.0. The van der Waals surface area contributed by atoms with Gasteiger partial charge in [0.05, 0.1) is 30.5 Å². The van der Waals surface area contributed by atoms with Crippen molar-refractivity contribution in [1.82, 2.24) is 0 Å². The van der Waals surface area contributed by atoms with Crippen LogP contribution in [0.3, 0.4) is 0 Å². The van der Waals surface area contributed by atoms with Gasteiger partial charge in [0.25, 0.3) is 0 Å². The number of allylic oxidation sites excluding steroid dienone is 4. The molecule has 0 aliphatic heterocycles. The summed E-state index contributed by atoms with van der Waals surface area (Å²) in [5.74, 6) is 0.153. The van der Waals surface area contributed by atoms with Gasteiger partial charge in [-0.25, -0.2) is 0 Å². The second kappa shape index (κ2) is 6.34. The molecule has 1 aromatic rings. The van der Waals surface area contributed by atoms with Gasteiger partial charge >= 0.3 is 0 Å². The van der Waals surface area contributed by atoms with Crippen molar-refractivity contribution in [3.63, 3.8) is 0 Å². The Morgan fingerprint density at radius 2 is 2.00 bits per heavy atom. The number of hydrogen-bond acceptors (Lipinski definition) is 5. The smallest absolute Gasteiger partial charge is 0.191 e. The van der Waals surface area contributed by atoms with Crippen molar-refractivity contribution in [3.8, 4) is 24.0 Å². The summed E-state index contributed by atoms with van der Waals surface area (Å²) >= 11 is 0. The maximum Gasteiger partial charge on any atom is 0.191 e. The quantitative estimate of drug-likeness (QED) is 0.895. The van der Waals surface area contributed by atoms with E-state index in [1.54, 1.807) is 7.11 Å². The van der Waals surface area contributed by atoms with E-state index in [0.29, 0.717) is 11.3 Å². The number of nitrogens with two attached hydrogens (primary N) is 1. The SMILES string of the molecule is COc1cccc([C@H]2[C@H]3CCCC=C3C(C#N)=C(N)C2(C#N)C#N)c1. The lowest BCUT2D eigenvalue weighted by molar-refractivity contribution is 0.316. The summed E-state index contributed by atoms with van der Waals surface area (Å²) < 4.78 is 5.31. The minimum atomic E-state index is -1.56. The Bertz CT molecular complexity index is 877. The Morgan fingerprint density at radius 3 is 2.64 bits per heavy atom. The van der Waals surface area contributed by atoms with Crippen molar-refractivity contribution in [3.05, 3.63) is 52.7 Å². The van der Waals surface area contributed by atoms with Crippen LogP contribution in [0.1, 0.15) is 30.7 Å². The fraction of sp³-hybridized carbons (Fsp3) is 0.350. The number of nitrogens with zero attached hydrogens (tertiary/aromatic N) is 3. The van der Waals surface area contributed by atoms with Gasteiger partial charge in [-0.3, -0.25) is 0 Å². The van der Waals surface area contributed by atoms with E-state index in [2.05, 4.69) is 18.2 Å². The van der Waals surface area contributed by atoms with Crippen LogP contribution in [0.25, 0.3) is 0 Å². The fourth-order valence-corrected chi connectivity index (χ4v) is 4.08. The lowest BCUT2D eigenvalue weighted by Gasteiger charge is -2.43. The van der Waals surface area contributed by atoms with Crippen molar-refractivity contribution in [1.29, 1.82) is 15.8 Å². The zero-order valence-electron chi connectivity index (χ0n) is 14.0. The molecule has 0 bridgehead atoms. The van der Waals surface area contributed by atoms with Crippen molar-refractivity contribution in [2.75, 3.05) is 7.11 Å². The van der Waals surface area contributed by atoms with Gasteiger partial charge in [0, 0.05) is 5.92 Å². The van der Waals surface area contributed by atoms with Crippen LogP contribution < -0.4 is 10.5 Å². The number of hydrogen-bond donors (Lipinski definition) is 1. The highest BCUT2D eigenvalue weighted by molar-refractivity contribution is 5.59. The molecule has 1 aromatic carbocycles. The van der Waals surface area contributed by atoms with E-state index in [1.807, 2.05) is 30.3 Å². The highest BCUT2D eigenvalue weighted by Crippen LogP contribution is 2.55. The van der Waals surface area contributed by atoms with Crippen LogP contribution in [0.15, 0.2) is 47.2 Å². The van der Waals surface area contributed by atoms with E-state index >= 15 is 0 Å². The van der Waals surface area contributed by atoms with Crippen molar-refractivity contribution >= 4 is 0 Å². The van der Waals surface area contributed by atoms with E-state index < -0.39 is 11.3 Å². The third kappa shape index (κ3) is 2.35. The molecular weight excluding hydrogens is 312 g/mol. The molecule has 25 heavy (non-hydrogen) atoms. The first-order valence-electron chi connectivity index (χ1n) is 8.20. The first kappa shape index (κ1) is 16.6. The summed E-state index contributed by atoms with van der Waals surface area (Å²) in [7, 11) is 1.58. The average Bonchev–Trinajstić information content (AvgIpc) is 2.67. The van der Waals surface area contributed by atoms with E-state index in [9.17, 15) is 15.8 Å². The predicted octanol–water partition coefficient (Wildman–Crippen LogP) is 3.29. The minimum absolute atomic E-state index is 0.0669. The van der Waals surface area contributed by atoms with Crippen molar-refractivity contribution in [2.24, 2.45) is 17.1 Å². The normalized spacial score (nSPS) is 24.2. The monoisotopic (exact) mass is 330 g/mol. The van der Waals surface area contributed by atoms with Gasteiger partial charge in [0.1, 0.15) is 11.8 Å². The van der Waals surface area contributed by atoms with E-state index in [1.165, 1.54) is 0 Å². The molecule has 124 valence electrons. The van der Waals surface area contributed by atoms with Gasteiger partial charge in [-0.15, -0.1) is 0 Å². The van der Waals surface area contributed by atoms with E-state index in [0.717, 1.165) is 30.4 Å². The highest BCUT2D eigenvalue weighted by atomic mass is 16.5. The molecule has 0 spiro atoms. The number of rotatable bonds is 2. The predicted molar refractivity (Wildman–Crippen MR) is 91.6 cm³/mol. The molecule has 5 nitrogen and oxygen atoms in total. The van der Waals surface area contributed by atoms with Gasteiger partial charge in [-0.2, -0.15) is 15.8 Å². The Balaban J connectivity index is 2.31. The van der Waals surface area contributed by atoms with E-state index in [4.69, 9.17) is 10.5 Å². The van der Waals surface area contributed by atoms with Gasteiger partial charge in [-0.1, -0.05) is 18.2 Å². The summed E-state index contributed by atoms with van der Waals surface area (Å²) in [6, 6.07) is 13.8. The molecule has 0 saturated carbocycles. The first-order chi connectivity index (χ1) is 12.1. The molecule has 0 radical (unpaired) electrons. The second-order valence-electron chi connectivity index (χ2n) is 6.38. The Labute approximate surface area is 147 Å². The molecule has 0 saturated heterocycles. The molecule has 2 N–H and O–H groups in total. The number of nitriles is 3. The molecule has 2 atom stereocenters. The number of methoxy groups -OCH3 is 1. The maximum absolute atomic E-state index is 9.93. The van der Waals surface area contributed by atoms with Gasteiger partial charge in [0.2, 0.25) is 0 Å². The third-order valence-electron chi connectivity index (χ3n) is 5.25. The molecule has 0 heterocycles. The summed E-state index contributed by atoms with van der Waals surface area (Å²) in [6.07, 6.45) is 4.68. The van der Waals surface area contributed by atoms with Crippen molar-refractivity contribution < 1.29 is 4.74 Å². The molecule has 3 rings (SSSR count). The lowest BCUT2D eigenvalue weighted by Crippen LogP contribution is -2.42. The van der Waals surface area contributed by atoms with Crippen molar-refractivity contribution in [2.45, 2.75) is 25.2 Å². The average molecular weight is 330 g/mol. The molecule has 0 fully saturated rings. The Morgan fingerprint density at radius 1 is 1.24 bits per heavy atom. The minimum Gasteiger partial charge on any atom is -0.497 e. The molecule has 0 aromatic heterocycles. The van der Waals surface area contributed by atoms with Crippen LogP contribution >= 0.6 is 0 Å². The number of benzene rings is 1. The molecule has 0 unspecified atom stereocenters. The third-order valence-corrected chi connectivity index (χ3v) is 5.25. The first-order valence-corrected chi connectivity index (χ1v) is 8.20. The van der Waals surface area contributed by atoms with Crippen LogP contribution in [0.2, 0.25) is 0 Å². The van der Waals surface area contributed by atoms with Gasteiger partial charge < -0.3 is 10.5 Å². The van der Waals surface area contributed by atoms with Gasteiger partial charge in [-0.05, 0) is 48.4 Å². The zero-order chi connectivity index (χ0) is 18.0. The largest absolute Gasteiger partial charge is 0.497 e. The van der Waals surface area contributed by atoms with Gasteiger partial charge in [0.15, 0.2) is 5.41 Å². The number of ether oxygens (including phenoxy) is 1. The Hall–Kier alpha value is -3.23. The summed E-state index contributed by atoms with van der Waals surface area (Å²) in [6.45, 7) is 0. The standard InChI is InChI=1S/C20H18N4O/c1-25-14-6-4-5-13(9-14)18-16-8-3-2-7-15(16)17(10-21)19(24)20(18,11-22)12-23/h4-7,9,16,18H,2-3,8,24H2,1H3/t16-,18-/m0/s1. The molecule has 0 amide bonds. The second-order valence-corrected chi connectivity index (χ2v) is 6.38. The summed E-state index contributed by atoms with van der Waals surface area (Å²) in [5, 5.41) is 29.4. The molecule has 2 aliphatic rings. The van der Waals surface area contributed by atoms with Crippen LogP contribution in [0, 0.1) is 45.3 Å². The Kier molecular flexibility index (Phi) is 4.22. The molecule has 5 heteroatoms. The maximum atomic E-state index is 9.93. The number of fused-ring (bicyclic) bond motifs is 1. The van der Waals surface area contributed by atoms with Crippen LogP contribution in [0.5, 0.6) is 5.75 Å². The van der Waals surface area contributed by atoms with E-state index in [-0.39, 0.29) is 11.6 Å². The summed E-state index contributed by atoms with van der Waals surface area (Å²) in [4.78, 5) is 0. The van der Waals surface area contributed by atoms with Crippen LogP contribution in [-0.2, 0) is 0 Å². The summed E-state index contributed by atoms with van der Waals surface area (Å²) in [5.41, 5.74) is 6.75. The molecule has 2 aliphatic carbocycles. The molecular formula is C20H18N4O. The lowest BCUT2D eigenvalue weighted by atomic mass is 9.57. The van der Waals surface area contributed by atoms with Crippen LogP contribution in [0.4, 0.5) is 0 Å². The van der Waals surface area contributed by atoms with Crippen LogP contribution in [-0.4, -0.2) is 7.11 Å². The fourth-order valence-electron chi connectivity index (χ4n) is 4.08. The topological polar surface area (TPSA) is 107 Å².